The maximum atomic E-state index is 5.27. The van der Waals surface area contributed by atoms with Gasteiger partial charge in [0, 0.05) is 20.8 Å². The second kappa shape index (κ2) is 13.7. The van der Waals surface area contributed by atoms with Crippen molar-refractivity contribution < 1.29 is 13.3 Å². The van der Waals surface area contributed by atoms with Crippen molar-refractivity contribution in [1.29, 1.82) is 0 Å². The van der Waals surface area contributed by atoms with Crippen LogP contribution in [0.25, 0.3) is 0 Å². The Morgan fingerprint density at radius 2 is 1.75 bits per heavy atom. The van der Waals surface area contributed by atoms with Gasteiger partial charge in [-0.15, -0.1) is 0 Å². The van der Waals surface area contributed by atoms with Crippen molar-refractivity contribution in [2.24, 2.45) is 0 Å². The smallest absolute Gasteiger partial charge is 0.334 e. The van der Waals surface area contributed by atoms with Crippen LogP contribution in [0, 0.1) is 0 Å². The summed E-state index contributed by atoms with van der Waals surface area (Å²) in [4.78, 5) is 0. The number of hydrogen-bond donors (Lipinski definition) is 1. The van der Waals surface area contributed by atoms with Crippen molar-refractivity contribution in [2.75, 3.05) is 26.6 Å². The second-order valence-electron chi connectivity index (χ2n) is 3.72. The van der Waals surface area contributed by atoms with Crippen molar-refractivity contribution in [3.63, 3.8) is 0 Å². The number of thiol groups is 1. The second-order valence-corrected chi connectivity index (χ2v) is 8.32. The van der Waals surface area contributed by atoms with Crippen LogP contribution in [0.5, 0.6) is 0 Å². The van der Waals surface area contributed by atoms with Gasteiger partial charge in [-0.2, -0.15) is 12.6 Å². The fourth-order valence-electron chi connectivity index (χ4n) is 0.976. The zero-order valence-electron chi connectivity index (χ0n) is 11.4. The molecule has 0 aliphatic rings. The third-order valence-corrected chi connectivity index (χ3v) is 6.07. The van der Waals surface area contributed by atoms with Crippen LogP contribution >= 0.6 is 12.6 Å². The van der Waals surface area contributed by atoms with Gasteiger partial charge in [0.25, 0.3) is 0 Å². The average Bonchev–Trinajstić information content (AvgIpc) is 2.34. The van der Waals surface area contributed by atoms with E-state index in [2.05, 4.69) is 26.1 Å². The molecule has 0 aromatic carbocycles. The Balaban J connectivity index is 0. The highest BCUT2D eigenvalue weighted by Crippen LogP contribution is 2.13. The molecular weight excluding hydrogens is 256 g/mol. The van der Waals surface area contributed by atoms with E-state index in [1.54, 1.807) is 14.2 Å². The molecule has 16 heavy (non-hydrogen) atoms. The largest absolute Gasteiger partial charge is 0.428 e. The van der Waals surface area contributed by atoms with E-state index in [4.69, 9.17) is 13.3 Å². The first kappa shape index (κ1) is 19.0. The van der Waals surface area contributed by atoms with Gasteiger partial charge in [0.1, 0.15) is 10.5 Å². The molecule has 0 heterocycles. The van der Waals surface area contributed by atoms with Gasteiger partial charge in [0.05, 0.1) is 0 Å². The van der Waals surface area contributed by atoms with Gasteiger partial charge < -0.3 is 13.3 Å². The molecule has 0 aliphatic heterocycles. The number of hydrogen-bond acceptors (Lipinski definition) is 4. The molecule has 0 saturated heterocycles. The van der Waals surface area contributed by atoms with Crippen LogP contribution in [0.1, 0.15) is 26.2 Å². The molecule has 0 radical (unpaired) electrons. The molecule has 3 nitrogen and oxygen atoms in total. The molecule has 0 unspecified atom stereocenters. The Morgan fingerprint density at radius 1 is 1.19 bits per heavy atom. The summed E-state index contributed by atoms with van der Waals surface area (Å²) in [7, 11) is 2.57. The van der Waals surface area contributed by atoms with E-state index >= 15 is 0 Å². The zero-order valence-corrected chi connectivity index (χ0v) is 15.3. The summed E-state index contributed by atoms with van der Waals surface area (Å²) in [5, 5.41) is 0. The Labute approximate surface area is 110 Å². The minimum absolute atomic E-state index is 0.903. The standard InChI is InChI=1S/C6H16O2SSi.C4H12OSi/c1-7-10(3,8-2)6-4-5-9;1-2-3-4-5-6/h9H,4-6H2,1-3H3;2-4H2,1,6H3. The molecule has 0 amide bonds. The highest BCUT2D eigenvalue weighted by molar-refractivity contribution is 7.80. The predicted molar refractivity (Wildman–Crippen MR) is 79.7 cm³/mol. The van der Waals surface area contributed by atoms with Crippen LogP contribution in [0.15, 0.2) is 0 Å². The van der Waals surface area contributed by atoms with Crippen LogP contribution < -0.4 is 0 Å². The topological polar surface area (TPSA) is 27.7 Å². The minimum Gasteiger partial charge on any atom is -0.428 e. The third kappa shape index (κ3) is 12.7. The van der Waals surface area contributed by atoms with E-state index < -0.39 is 8.56 Å². The highest BCUT2D eigenvalue weighted by Gasteiger charge is 2.27. The quantitative estimate of drug-likeness (QED) is 0.418. The maximum Gasteiger partial charge on any atom is 0.334 e. The molecule has 0 spiro atoms. The zero-order chi connectivity index (χ0) is 12.9. The summed E-state index contributed by atoms with van der Waals surface area (Å²) in [5.41, 5.74) is 0. The molecule has 0 N–H and O–H groups in total. The molecule has 0 bridgehead atoms. The van der Waals surface area contributed by atoms with Gasteiger partial charge >= 0.3 is 8.56 Å². The lowest BCUT2D eigenvalue weighted by atomic mass is 10.4. The summed E-state index contributed by atoms with van der Waals surface area (Å²) in [6.07, 6.45) is 3.55. The molecule has 100 valence electrons. The van der Waals surface area contributed by atoms with Crippen LogP contribution in [0.2, 0.25) is 12.6 Å². The van der Waals surface area contributed by atoms with Crippen LogP contribution in [0.4, 0.5) is 0 Å². The average molecular weight is 285 g/mol. The molecule has 0 saturated carbocycles. The first-order valence-electron chi connectivity index (χ1n) is 5.80. The lowest BCUT2D eigenvalue weighted by molar-refractivity contribution is 0.249. The summed E-state index contributed by atoms with van der Waals surface area (Å²) in [6, 6.07) is 1.03. The Bertz CT molecular complexity index is 131. The monoisotopic (exact) mass is 284 g/mol. The van der Waals surface area contributed by atoms with Crippen molar-refractivity contribution in [3.8, 4) is 0 Å². The summed E-state index contributed by atoms with van der Waals surface area (Å²) in [5.74, 6) is 0.912. The van der Waals surface area contributed by atoms with Crippen molar-refractivity contribution in [1.82, 2.24) is 0 Å². The van der Waals surface area contributed by atoms with Gasteiger partial charge in [-0.1, -0.05) is 13.3 Å². The van der Waals surface area contributed by atoms with Crippen LogP contribution in [0.3, 0.4) is 0 Å². The van der Waals surface area contributed by atoms with Gasteiger partial charge in [-0.05, 0) is 31.2 Å². The number of rotatable bonds is 8. The van der Waals surface area contributed by atoms with E-state index in [1.165, 1.54) is 12.8 Å². The minimum atomic E-state index is -1.77. The van der Waals surface area contributed by atoms with Crippen molar-refractivity contribution >= 4 is 31.7 Å². The lowest BCUT2D eigenvalue weighted by Gasteiger charge is -2.21. The Hall–Kier alpha value is 0.664. The van der Waals surface area contributed by atoms with E-state index in [1.807, 2.05) is 0 Å². The normalized spacial score (nSPS) is 11.1. The van der Waals surface area contributed by atoms with E-state index in [-0.39, 0.29) is 0 Å². The van der Waals surface area contributed by atoms with Crippen LogP contribution in [-0.2, 0) is 13.3 Å². The predicted octanol–water partition coefficient (Wildman–Crippen LogP) is 1.75. The third-order valence-electron chi connectivity index (χ3n) is 2.35. The summed E-state index contributed by atoms with van der Waals surface area (Å²) in [6.45, 7) is 5.21. The molecular formula is C10H28O3SSi2. The fraction of sp³-hybridized carbons (Fsp3) is 1.00. The first-order valence-corrected chi connectivity index (χ1v) is 9.77. The fourth-order valence-corrected chi connectivity index (χ4v) is 3.11. The molecule has 0 aromatic rings. The highest BCUT2D eigenvalue weighted by atomic mass is 32.1. The molecule has 6 heteroatoms. The summed E-state index contributed by atoms with van der Waals surface area (Å²) >= 11 is 4.12. The van der Waals surface area contributed by atoms with Crippen molar-refractivity contribution in [3.05, 3.63) is 0 Å². The first-order chi connectivity index (χ1) is 7.60. The van der Waals surface area contributed by atoms with Gasteiger partial charge in [0.15, 0.2) is 0 Å². The van der Waals surface area contributed by atoms with Gasteiger partial charge in [0.2, 0.25) is 0 Å². The van der Waals surface area contributed by atoms with E-state index in [0.29, 0.717) is 0 Å². The Morgan fingerprint density at radius 3 is 2.00 bits per heavy atom. The SMILES string of the molecule is CCCCO[SiH3].CO[Si](C)(CCCS)OC. The van der Waals surface area contributed by atoms with E-state index in [9.17, 15) is 0 Å². The van der Waals surface area contributed by atoms with Crippen LogP contribution in [-0.4, -0.2) is 45.6 Å². The van der Waals surface area contributed by atoms with Gasteiger partial charge in [-0.3, -0.25) is 0 Å². The summed E-state index contributed by atoms with van der Waals surface area (Å²) < 4.78 is 15.5. The molecule has 0 fully saturated rings. The Kier molecular flexibility index (Phi) is 16.3. The molecule has 0 aliphatic carbocycles. The van der Waals surface area contributed by atoms with Crippen molar-refractivity contribution in [2.45, 2.75) is 38.8 Å². The lowest BCUT2D eigenvalue weighted by Crippen LogP contribution is -2.35. The molecule has 0 aromatic heterocycles. The number of unbranched alkanes of at least 4 members (excludes halogenated alkanes) is 1. The maximum absolute atomic E-state index is 5.27. The molecule has 0 rings (SSSR count). The molecule has 0 atom stereocenters. The van der Waals surface area contributed by atoms with Gasteiger partial charge in [-0.25, -0.2) is 0 Å². The van der Waals surface area contributed by atoms with E-state index in [0.717, 1.165) is 35.3 Å².